The fourth-order valence-electron chi connectivity index (χ4n) is 2.56. The van der Waals surface area contributed by atoms with Crippen LogP contribution in [0.3, 0.4) is 0 Å². The normalized spacial score (nSPS) is 20.8. The molecule has 0 saturated carbocycles. The molecule has 19 heavy (non-hydrogen) atoms. The molecule has 1 amide bonds. The van der Waals surface area contributed by atoms with Gasteiger partial charge in [-0.3, -0.25) is 14.5 Å². The Kier molecular flexibility index (Phi) is 6.45. The monoisotopic (exact) mass is 269 g/mol. The zero-order valence-corrected chi connectivity index (χ0v) is 12.5. The van der Waals surface area contributed by atoms with Gasteiger partial charge in [0.05, 0.1) is 12.6 Å². The zero-order chi connectivity index (χ0) is 14.4. The summed E-state index contributed by atoms with van der Waals surface area (Å²) in [5.74, 6) is 0.0705. The third-order valence-corrected chi connectivity index (χ3v) is 3.53. The number of carbonyl (C=O) groups excluding carboxylic acids is 2. The minimum Gasteiger partial charge on any atom is -0.345 e. The van der Waals surface area contributed by atoms with Crippen LogP contribution in [0.4, 0.5) is 0 Å². The molecule has 2 unspecified atom stereocenters. The number of rotatable bonds is 7. The first-order chi connectivity index (χ1) is 8.90. The average Bonchev–Trinajstić information content (AvgIpc) is 2.77. The second-order valence-corrected chi connectivity index (χ2v) is 5.89. The summed E-state index contributed by atoms with van der Waals surface area (Å²) < 4.78 is 0. The van der Waals surface area contributed by atoms with Gasteiger partial charge in [-0.15, -0.1) is 0 Å². The maximum absolute atomic E-state index is 11.9. The van der Waals surface area contributed by atoms with Gasteiger partial charge in [0, 0.05) is 12.6 Å². The summed E-state index contributed by atoms with van der Waals surface area (Å²) in [7, 11) is 1.94. The van der Waals surface area contributed by atoms with Gasteiger partial charge in [0.2, 0.25) is 5.91 Å². The van der Waals surface area contributed by atoms with Crippen molar-refractivity contribution in [3.8, 4) is 0 Å². The maximum atomic E-state index is 11.9. The Morgan fingerprint density at radius 1 is 1.42 bits per heavy atom. The lowest BCUT2D eigenvalue weighted by Gasteiger charge is -2.23. The molecule has 2 N–H and O–H groups in total. The van der Waals surface area contributed by atoms with E-state index < -0.39 is 0 Å². The summed E-state index contributed by atoms with van der Waals surface area (Å²) in [6.07, 6.45) is 2.39. The van der Waals surface area contributed by atoms with Gasteiger partial charge in [0.15, 0.2) is 5.78 Å². The van der Waals surface area contributed by atoms with Crippen molar-refractivity contribution in [2.45, 2.75) is 45.7 Å². The first-order valence-electron chi connectivity index (χ1n) is 7.12. The van der Waals surface area contributed by atoms with E-state index in [0.29, 0.717) is 12.6 Å². The third kappa shape index (κ3) is 5.70. The summed E-state index contributed by atoms with van der Waals surface area (Å²) in [5.41, 5.74) is 0. The molecular formula is C14H27N3O2. The number of hydrogen-bond acceptors (Lipinski definition) is 4. The van der Waals surface area contributed by atoms with Gasteiger partial charge in [-0.25, -0.2) is 0 Å². The van der Waals surface area contributed by atoms with Crippen molar-refractivity contribution in [2.24, 2.45) is 5.92 Å². The molecular weight excluding hydrogens is 242 g/mol. The smallest absolute Gasteiger partial charge is 0.234 e. The number of carbonyl (C=O) groups is 2. The lowest BCUT2D eigenvalue weighted by Crippen LogP contribution is -2.48. The van der Waals surface area contributed by atoms with Gasteiger partial charge in [0.25, 0.3) is 0 Å². The average molecular weight is 269 g/mol. The van der Waals surface area contributed by atoms with Crippen LogP contribution < -0.4 is 10.6 Å². The van der Waals surface area contributed by atoms with Gasteiger partial charge < -0.3 is 10.6 Å². The number of Topliss-reactive ketones (excluding diaryl/α,β-unsaturated/α-hetero) is 1. The molecule has 5 heteroatoms. The Balaban J connectivity index is 2.34. The van der Waals surface area contributed by atoms with Crippen LogP contribution in [0.5, 0.6) is 0 Å². The second-order valence-electron chi connectivity index (χ2n) is 5.89. The van der Waals surface area contributed by atoms with Gasteiger partial charge in [-0.1, -0.05) is 13.8 Å². The molecule has 0 aromatic heterocycles. The van der Waals surface area contributed by atoms with E-state index in [2.05, 4.69) is 10.6 Å². The van der Waals surface area contributed by atoms with E-state index in [-0.39, 0.29) is 23.7 Å². The van der Waals surface area contributed by atoms with Crippen molar-refractivity contribution in [2.75, 3.05) is 26.7 Å². The number of nitrogens with zero attached hydrogens (tertiary/aromatic N) is 1. The van der Waals surface area contributed by atoms with E-state index in [1.165, 1.54) is 19.8 Å². The fraction of sp³-hybridized carbons (Fsp3) is 0.857. The zero-order valence-electron chi connectivity index (χ0n) is 12.5. The first kappa shape index (κ1) is 16.1. The molecule has 1 fully saturated rings. The van der Waals surface area contributed by atoms with Crippen molar-refractivity contribution >= 4 is 11.7 Å². The van der Waals surface area contributed by atoms with Crippen molar-refractivity contribution in [1.82, 2.24) is 15.5 Å². The summed E-state index contributed by atoms with van der Waals surface area (Å²) >= 11 is 0. The summed E-state index contributed by atoms with van der Waals surface area (Å²) in [4.78, 5) is 25.4. The highest BCUT2D eigenvalue weighted by Crippen LogP contribution is 2.06. The highest BCUT2D eigenvalue weighted by atomic mass is 16.2. The minimum absolute atomic E-state index is 0.0171. The Morgan fingerprint density at radius 2 is 2.11 bits per heavy atom. The second kappa shape index (κ2) is 7.60. The lowest BCUT2D eigenvalue weighted by atomic mass is 10.0. The van der Waals surface area contributed by atoms with Crippen molar-refractivity contribution in [1.29, 1.82) is 0 Å². The topological polar surface area (TPSA) is 61.4 Å². The number of ketones is 1. The van der Waals surface area contributed by atoms with Crippen LogP contribution in [0.25, 0.3) is 0 Å². The summed E-state index contributed by atoms with van der Waals surface area (Å²) in [6.45, 7) is 7.70. The number of likely N-dealkylation sites (N-methyl/N-ethyl adjacent to an activating group) is 1. The highest BCUT2D eigenvalue weighted by Gasteiger charge is 2.22. The Bertz CT molecular complexity index is 312. The quantitative estimate of drug-likeness (QED) is 0.702. The molecule has 0 spiro atoms. The molecule has 0 aromatic carbocycles. The number of amides is 1. The molecule has 1 saturated heterocycles. The van der Waals surface area contributed by atoms with Crippen molar-refractivity contribution < 1.29 is 9.59 Å². The number of hydrogen-bond donors (Lipinski definition) is 2. The molecule has 1 aliphatic heterocycles. The van der Waals surface area contributed by atoms with Crippen LogP contribution >= 0.6 is 0 Å². The van der Waals surface area contributed by atoms with Gasteiger partial charge in [-0.05, 0) is 39.3 Å². The van der Waals surface area contributed by atoms with E-state index >= 15 is 0 Å². The van der Waals surface area contributed by atoms with Crippen LogP contribution in [0.15, 0.2) is 0 Å². The molecule has 0 bridgehead atoms. The maximum Gasteiger partial charge on any atom is 0.234 e. The van der Waals surface area contributed by atoms with Crippen LogP contribution in [-0.2, 0) is 9.59 Å². The Hall–Kier alpha value is -0.940. The third-order valence-electron chi connectivity index (χ3n) is 3.53. The molecule has 0 aromatic rings. The minimum atomic E-state index is -0.370. The lowest BCUT2D eigenvalue weighted by molar-refractivity contribution is -0.128. The standard InChI is InChI=1S/C14H27N3O2/c1-10(2)14(11(3)18)16-13(19)9-17(4)8-12-6-5-7-15-12/h10,12,14-15H,5-9H2,1-4H3,(H,16,19). The molecule has 1 aliphatic rings. The predicted octanol–water partition coefficient (Wildman–Crippen LogP) is 0.400. The molecule has 0 radical (unpaired) electrons. The van der Waals surface area contributed by atoms with Crippen molar-refractivity contribution in [3.05, 3.63) is 0 Å². The highest BCUT2D eigenvalue weighted by molar-refractivity contribution is 5.88. The van der Waals surface area contributed by atoms with Gasteiger partial charge in [-0.2, -0.15) is 0 Å². The van der Waals surface area contributed by atoms with E-state index in [1.807, 2.05) is 25.8 Å². The largest absolute Gasteiger partial charge is 0.345 e. The first-order valence-corrected chi connectivity index (χ1v) is 7.12. The molecule has 1 heterocycles. The van der Waals surface area contributed by atoms with Crippen LogP contribution in [0, 0.1) is 5.92 Å². The molecule has 0 aliphatic carbocycles. The molecule has 2 atom stereocenters. The van der Waals surface area contributed by atoms with Gasteiger partial charge >= 0.3 is 0 Å². The van der Waals surface area contributed by atoms with Crippen LogP contribution in [0.1, 0.15) is 33.6 Å². The Labute approximate surface area is 116 Å². The molecule has 110 valence electrons. The summed E-state index contributed by atoms with van der Waals surface area (Å²) in [6, 6.07) is 0.122. The van der Waals surface area contributed by atoms with E-state index in [1.54, 1.807) is 0 Å². The molecule has 1 rings (SSSR count). The predicted molar refractivity (Wildman–Crippen MR) is 76.0 cm³/mol. The molecule has 5 nitrogen and oxygen atoms in total. The van der Waals surface area contributed by atoms with E-state index in [4.69, 9.17) is 0 Å². The number of nitrogens with one attached hydrogen (secondary N) is 2. The van der Waals surface area contributed by atoms with Crippen LogP contribution in [-0.4, -0.2) is 55.4 Å². The SMILES string of the molecule is CC(=O)C(NC(=O)CN(C)CC1CCCN1)C(C)C. The van der Waals surface area contributed by atoms with E-state index in [9.17, 15) is 9.59 Å². The van der Waals surface area contributed by atoms with Crippen molar-refractivity contribution in [3.63, 3.8) is 0 Å². The summed E-state index contributed by atoms with van der Waals surface area (Å²) in [5, 5.41) is 6.23. The van der Waals surface area contributed by atoms with Crippen LogP contribution in [0.2, 0.25) is 0 Å². The van der Waals surface area contributed by atoms with E-state index in [0.717, 1.165) is 13.1 Å². The fourth-order valence-corrected chi connectivity index (χ4v) is 2.56. The van der Waals surface area contributed by atoms with Gasteiger partial charge in [0.1, 0.15) is 0 Å². The Morgan fingerprint density at radius 3 is 2.58 bits per heavy atom.